The smallest absolute Gasteiger partial charge is 0.119 e. The zero-order valence-electron chi connectivity index (χ0n) is 11.5. The van der Waals surface area contributed by atoms with Crippen LogP contribution in [0, 0.1) is 0 Å². The highest BCUT2D eigenvalue weighted by Crippen LogP contribution is 2.19. The summed E-state index contributed by atoms with van der Waals surface area (Å²) in [6, 6.07) is 8.91. The lowest BCUT2D eigenvalue weighted by molar-refractivity contribution is 0.415. The number of rotatable bonds is 4. The molecule has 1 aromatic carbocycles. The molecule has 2 rings (SSSR count). The molecule has 3 heteroatoms. The molecule has 1 fully saturated rings. The fourth-order valence-electron chi connectivity index (χ4n) is 2.53. The SMILES string of the molecule is COc1ccc(N(C)CC2CCCCCN2)cc1. The van der Waals surface area contributed by atoms with E-state index in [1.54, 1.807) is 7.11 Å². The lowest BCUT2D eigenvalue weighted by Crippen LogP contribution is -2.39. The van der Waals surface area contributed by atoms with Crippen LogP contribution in [0.1, 0.15) is 25.7 Å². The van der Waals surface area contributed by atoms with E-state index in [2.05, 4.69) is 29.4 Å². The van der Waals surface area contributed by atoms with Crippen LogP contribution in [0.3, 0.4) is 0 Å². The van der Waals surface area contributed by atoms with Crippen LogP contribution >= 0.6 is 0 Å². The monoisotopic (exact) mass is 248 g/mol. The number of benzene rings is 1. The molecule has 100 valence electrons. The molecule has 18 heavy (non-hydrogen) atoms. The topological polar surface area (TPSA) is 24.5 Å². The van der Waals surface area contributed by atoms with Crippen molar-refractivity contribution in [1.29, 1.82) is 0 Å². The van der Waals surface area contributed by atoms with Crippen LogP contribution in [0.25, 0.3) is 0 Å². The molecule has 3 nitrogen and oxygen atoms in total. The van der Waals surface area contributed by atoms with E-state index >= 15 is 0 Å². The van der Waals surface area contributed by atoms with Gasteiger partial charge in [0.1, 0.15) is 5.75 Å². The van der Waals surface area contributed by atoms with Crippen molar-refractivity contribution in [2.45, 2.75) is 31.7 Å². The van der Waals surface area contributed by atoms with Gasteiger partial charge in [-0.1, -0.05) is 12.8 Å². The first-order valence-electron chi connectivity index (χ1n) is 6.88. The van der Waals surface area contributed by atoms with Gasteiger partial charge in [0.2, 0.25) is 0 Å². The van der Waals surface area contributed by atoms with E-state index in [0.717, 1.165) is 12.3 Å². The molecule has 1 aliphatic rings. The molecule has 0 amide bonds. The molecule has 0 aromatic heterocycles. The fourth-order valence-corrected chi connectivity index (χ4v) is 2.53. The maximum atomic E-state index is 5.18. The van der Waals surface area contributed by atoms with Crippen molar-refractivity contribution in [2.24, 2.45) is 0 Å². The predicted molar refractivity (Wildman–Crippen MR) is 76.5 cm³/mol. The van der Waals surface area contributed by atoms with Crippen LogP contribution in [-0.2, 0) is 0 Å². The molecule has 0 bridgehead atoms. The molecule has 1 aliphatic heterocycles. The van der Waals surface area contributed by atoms with Gasteiger partial charge >= 0.3 is 0 Å². The number of hydrogen-bond donors (Lipinski definition) is 1. The number of methoxy groups -OCH3 is 1. The Morgan fingerprint density at radius 2 is 2.00 bits per heavy atom. The van der Waals surface area contributed by atoms with Crippen molar-refractivity contribution >= 4 is 5.69 Å². The molecule has 1 N–H and O–H groups in total. The number of hydrogen-bond acceptors (Lipinski definition) is 3. The van der Waals surface area contributed by atoms with E-state index < -0.39 is 0 Å². The normalized spacial score (nSPS) is 20.2. The number of nitrogens with zero attached hydrogens (tertiary/aromatic N) is 1. The van der Waals surface area contributed by atoms with E-state index in [0.29, 0.717) is 6.04 Å². The highest BCUT2D eigenvalue weighted by Gasteiger charge is 2.13. The van der Waals surface area contributed by atoms with Crippen molar-refractivity contribution < 1.29 is 4.74 Å². The van der Waals surface area contributed by atoms with Crippen LogP contribution in [0.2, 0.25) is 0 Å². The maximum Gasteiger partial charge on any atom is 0.119 e. The van der Waals surface area contributed by atoms with E-state index in [1.807, 2.05) is 12.1 Å². The molecule has 1 atom stereocenters. The van der Waals surface area contributed by atoms with Crippen LogP contribution in [0.5, 0.6) is 5.75 Å². The Hall–Kier alpha value is -1.22. The summed E-state index contributed by atoms with van der Waals surface area (Å²) >= 11 is 0. The Morgan fingerprint density at radius 1 is 1.22 bits per heavy atom. The fraction of sp³-hybridized carbons (Fsp3) is 0.600. The number of nitrogens with one attached hydrogen (secondary N) is 1. The van der Waals surface area contributed by atoms with E-state index in [-0.39, 0.29) is 0 Å². The second kappa shape index (κ2) is 6.64. The summed E-state index contributed by atoms with van der Waals surface area (Å²) < 4.78 is 5.18. The summed E-state index contributed by atoms with van der Waals surface area (Å²) in [6.07, 6.45) is 5.34. The lowest BCUT2D eigenvalue weighted by atomic mass is 10.1. The molecule has 1 saturated heterocycles. The molecular formula is C15H24N2O. The summed E-state index contributed by atoms with van der Waals surface area (Å²) in [7, 11) is 3.86. The average molecular weight is 248 g/mol. The largest absolute Gasteiger partial charge is 0.497 e. The maximum absolute atomic E-state index is 5.18. The van der Waals surface area contributed by atoms with Crippen LogP contribution < -0.4 is 15.0 Å². The van der Waals surface area contributed by atoms with Gasteiger partial charge < -0.3 is 15.0 Å². The van der Waals surface area contributed by atoms with Crippen LogP contribution in [-0.4, -0.2) is 33.3 Å². The Morgan fingerprint density at radius 3 is 2.72 bits per heavy atom. The Labute approximate surface area is 110 Å². The standard InChI is InChI=1S/C15H24N2O/c1-17(12-13-6-4-3-5-11-16-13)14-7-9-15(18-2)10-8-14/h7-10,13,16H,3-6,11-12H2,1-2H3. The molecule has 0 radical (unpaired) electrons. The molecule has 1 unspecified atom stereocenters. The number of likely N-dealkylation sites (N-methyl/N-ethyl adjacent to an activating group) is 1. The quantitative estimate of drug-likeness (QED) is 0.886. The molecule has 0 spiro atoms. The third kappa shape index (κ3) is 3.64. The predicted octanol–water partition coefficient (Wildman–Crippen LogP) is 2.66. The highest BCUT2D eigenvalue weighted by molar-refractivity contribution is 5.48. The molecule has 0 aliphatic carbocycles. The molecule has 1 heterocycles. The minimum Gasteiger partial charge on any atom is -0.497 e. The summed E-state index contributed by atoms with van der Waals surface area (Å²) in [6.45, 7) is 2.24. The lowest BCUT2D eigenvalue weighted by Gasteiger charge is -2.25. The first kappa shape index (κ1) is 13.2. The van der Waals surface area contributed by atoms with Gasteiger partial charge in [-0.05, 0) is 43.7 Å². The minimum absolute atomic E-state index is 0.625. The van der Waals surface area contributed by atoms with Gasteiger partial charge in [0.25, 0.3) is 0 Å². The van der Waals surface area contributed by atoms with Crippen molar-refractivity contribution in [1.82, 2.24) is 5.32 Å². The third-order valence-electron chi connectivity index (χ3n) is 3.67. The van der Waals surface area contributed by atoms with E-state index in [1.165, 1.54) is 37.9 Å². The summed E-state index contributed by atoms with van der Waals surface area (Å²) in [5, 5.41) is 3.64. The van der Waals surface area contributed by atoms with Crippen LogP contribution in [0.15, 0.2) is 24.3 Å². The van der Waals surface area contributed by atoms with Crippen molar-refractivity contribution in [3.63, 3.8) is 0 Å². The summed E-state index contributed by atoms with van der Waals surface area (Å²) in [4.78, 5) is 2.32. The molecule has 0 saturated carbocycles. The first-order chi connectivity index (χ1) is 8.79. The highest BCUT2D eigenvalue weighted by atomic mass is 16.5. The molecular weight excluding hydrogens is 224 g/mol. The van der Waals surface area contributed by atoms with Crippen LogP contribution in [0.4, 0.5) is 5.69 Å². The van der Waals surface area contributed by atoms with E-state index in [4.69, 9.17) is 4.74 Å². The average Bonchev–Trinajstić information content (AvgIpc) is 2.67. The van der Waals surface area contributed by atoms with Crippen molar-refractivity contribution in [2.75, 3.05) is 32.1 Å². The van der Waals surface area contributed by atoms with Gasteiger partial charge in [0.05, 0.1) is 7.11 Å². The first-order valence-corrected chi connectivity index (χ1v) is 6.88. The Balaban J connectivity index is 1.90. The van der Waals surface area contributed by atoms with Crippen molar-refractivity contribution in [3.05, 3.63) is 24.3 Å². The number of ether oxygens (including phenoxy) is 1. The summed E-state index contributed by atoms with van der Waals surface area (Å²) in [5.74, 6) is 0.916. The Kier molecular flexibility index (Phi) is 4.88. The van der Waals surface area contributed by atoms with Gasteiger partial charge in [0, 0.05) is 25.3 Å². The second-order valence-electron chi connectivity index (χ2n) is 5.08. The zero-order chi connectivity index (χ0) is 12.8. The summed E-state index contributed by atoms with van der Waals surface area (Å²) in [5.41, 5.74) is 1.25. The number of anilines is 1. The minimum atomic E-state index is 0.625. The van der Waals surface area contributed by atoms with Gasteiger partial charge in [-0.15, -0.1) is 0 Å². The third-order valence-corrected chi connectivity index (χ3v) is 3.67. The zero-order valence-corrected chi connectivity index (χ0v) is 11.5. The van der Waals surface area contributed by atoms with Gasteiger partial charge in [-0.3, -0.25) is 0 Å². The second-order valence-corrected chi connectivity index (χ2v) is 5.08. The van der Waals surface area contributed by atoms with E-state index in [9.17, 15) is 0 Å². The Bertz CT molecular complexity index is 342. The van der Waals surface area contributed by atoms with Gasteiger partial charge in [-0.2, -0.15) is 0 Å². The molecule has 1 aromatic rings. The van der Waals surface area contributed by atoms with Crippen molar-refractivity contribution in [3.8, 4) is 5.75 Å². The van der Waals surface area contributed by atoms with Gasteiger partial charge in [-0.25, -0.2) is 0 Å². The van der Waals surface area contributed by atoms with Gasteiger partial charge in [0.15, 0.2) is 0 Å².